The SMILES string of the molecule is CCCS(=O)(=O)CCNCCCOCC. The predicted molar refractivity (Wildman–Crippen MR) is 62.9 cm³/mol. The first-order valence-corrected chi connectivity index (χ1v) is 7.43. The molecule has 0 rings (SSSR count). The van der Waals surface area contributed by atoms with Gasteiger partial charge in [0.15, 0.2) is 9.84 Å². The third-order valence-corrected chi connectivity index (χ3v) is 3.81. The smallest absolute Gasteiger partial charge is 0.151 e. The van der Waals surface area contributed by atoms with E-state index >= 15 is 0 Å². The second-order valence-corrected chi connectivity index (χ2v) is 5.76. The zero-order chi connectivity index (χ0) is 11.6. The number of nitrogens with one attached hydrogen (secondary N) is 1. The van der Waals surface area contributed by atoms with E-state index in [1.807, 2.05) is 13.8 Å². The molecule has 0 heterocycles. The summed E-state index contributed by atoms with van der Waals surface area (Å²) in [6, 6.07) is 0. The number of hydrogen-bond donors (Lipinski definition) is 1. The van der Waals surface area contributed by atoms with Crippen LogP contribution in [0, 0.1) is 0 Å². The second-order valence-electron chi connectivity index (χ2n) is 3.45. The van der Waals surface area contributed by atoms with E-state index in [-0.39, 0.29) is 5.75 Å². The molecule has 0 aromatic rings. The van der Waals surface area contributed by atoms with E-state index in [4.69, 9.17) is 4.74 Å². The van der Waals surface area contributed by atoms with E-state index < -0.39 is 9.84 Å². The molecule has 0 fully saturated rings. The Morgan fingerprint density at radius 1 is 1.13 bits per heavy atom. The van der Waals surface area contributed by atoms with E-state index in [1.165, 1.54) is 0 Å². The summed E-state index contributed by atoms with van der Waals surface area (Å²) < 4.78 is 27.8. The first-order valence-electron chi connectivity index (χ1n) is 5.61. The van der Waals surface area contributed by atoms with Gasteiger partial charge in [-0.05, 0) is 26.3 Å². The fraction of sp³-hybridized carbons (Fsp3) is 1.00. The number of hydrogen-bond acceptors (Lipinski definition) is 4. The first-order chi connectivity index (χ1) is 7.12. The first kappa shape index (κ1) is 14.9. The minimum atomic E-state index is -2.82. The number of sulfone groups is 1. The van der Waals surface area contributed by atoms with Crippen LogP contribution in [0.4, 0.5) is 0 Å². The Morgan fingerprint density at radius 3 is 2.47 bits per heavy atom. The molecular weight excluding hydrogens is 214 g/mol. The summed E-state index contributed by atoms with van der Waals surface area (Å²) in [5, 5.41) is 3.10. The van der Waals surface area contributed by atoms with Crippen molar-refractivity contribution in [2.45, 2.75) is 26.7 Å². The minimum Gasteiger partial charge on any atom is -0.382 e. The normalized spacial score (nSPS) is 11.9. The number of ether oxygens (including phenoxy) is 1. The lowest BCUT2D eigenvalue weighted by atomic mass is 10.4. The van der Waals surface area contributed by atoms with Crippen LogP contribution in [-0.2, 0) is 14.6 Å². The third kappa shape index (κ3) is 10.2. The summed E-state index contributed by atoms with van der Waals surface area (Å²) in [4.78, 5) is 0. The molecule has 0 aliphatic heterocycles. The lowest BCUT2D eigenvalue weighted by Crippen LogP contribution is -2.25. The molecule has 0 aromatic carbocycles. The molecule has 15 heavy (non-hydrogen) atoms. The van der Waals surface area contributed by atoms with Crippen molar-refractivity contribution in [1.82, 2.24) is 5.32 Å². The van der Waals surface area contributed by atoms with Gasteiger partial charge in [0.1, 0.15) is 0 Å². The molecule has 92 valence electrons. The van der Waals surface area contributed by atoms with Gasteiger partial charge in [-0.25, -0.2) is 8.42 Å². The molecule has 1 N–H and O–H groups in total. The van der Waals surface area contributed by atoms with Crippen molar-refractivity contribution in [2.24, 2.45) is 0 Å². The Balaban J connectivity index is 3.31. The molecule has 0 radical (unpaired) electrons. The van der Waals surface area contributed by atoms with Crippen LogP contribution in [0.25, 0.3) is 0 Å². The van der Waals surface area contributed by atoms with Gasteiger partial charge in [0.05, 0.1) is 5.75 Å². The molecule has 0 unspecified atom stereocenters. The van der Waals surface area contributed by atoms with Gasteiger partial charge in [-0.15, -0.1) is 0 Å². The third-order valence-electron chi connectivity index (χ3n) is 1.95. The van der Waals surface area contributed by atoms with Crippen LogP contribution in [0.2, 0.25) is 0 Å². The topological polar surface area (TPSA) is 55.4 Å². The van der Waals surface area contributed by atoms with Crippen LogP contribution in [0.3, 0.4) is 0 Å². The molecule has 0 spiro atoms. The van der Waals surface area contributed by atoms with Gasteiger partial charge in [-0.3, -0.25) is 0 Å². The molecule has 0 amide bonds. The predicted octanol–water partition coefficient (Wildman–Crippen LogP) is 0.827. The van der Waals surface area contributed by atoms with Crippen LogP contribution in [-0.4, -0.2) is 46.2 Å². The second kappa shape index (κ2) is 9.12. The molecular formula is C10H23NO3S. The lowest BCUT2D eigenvalue weighted by molar-refractivity contribution is 0.145. The van der Waals surface area contributed by atoms with E-state index in [1.54, 1.807) is 0 Å². The summed E-state index contributed by atoms with van der Waals surface area (Å²) in [6.07, 6.45) is 1.63. The monoisotopic (exact) mass is 237 g/mol. The zero-order valence-corrected chi connectivity index (χ0v) is 10.6. The van der Waals surface area contributed by atoms with Gasteiger partial charge < -0.3 is 10.1 Å². The van der Waals surface area contributed by atoms with Crippen LogP contribution < -0.4 is 5.32 Å². The van der Waals surface area contributed by atoms with E-state index in [0.717, 1.165) is 26.2 Å². The van der Waals surface area contributed by atoms with Crippen molar-refractivity contribution in [1.29, 1.82) is 0 Å². The van der Waals surface area contributed by atoms with Crippen LogP contribution in [0.15, 0.2) is 0 Å². The fourth-order valence-electron chi connectivity index (χ4n) is 1.21. The molecule has 5 heteroatoms. The Hall–Kier alpha value is -0.130. The summed E-state index contributed by atoms with van der Waals surface area (Å²) in [5.74, 6) is 0.545. The average Bonchev–Trinajstić information content (AvgIpc) is 2.16. The zero-order valence-electron chi connectivity index (χ0n) is 9.79. The fourth-order valence-corrected chi connectivity index (χ4v) is 2.49. The summed E-state index contributed by atoms with van der Waals surface area (Å²) in [5.41, 5.74) is 0. The maximum atomic E-state index is 11.3. The van der Waals surface area contributed by atoms with Crippen molar-refractivity contribution < 1.29 is 13.2 Å². The standard InChI is InChI=1S/C10H23NO3S/c1-3-9-15(12,13)10-7-11-6-5-8-14-4-2/h11H,3-10H2,1-2H3. The van der Waals surface area contributed by atoms with Gasteiger partial charge in [0.25, 0.3) is 0 Å². The van der Waals surface area contributed by atoms with Gasteiger partial charge in [-0.2, -0.15) is 0 Å². The minimum absolute atomic E-state index is 0.246. The molecule has 0 atom stereocenters. The van der Waals surface area contributed by atoms with E-state index in [2.05, 4.69) is 5.32 Å². The summed E-state index contributed by atoms with van der Waals surface area (Å²) >= 11 is 0. The molecule has 0 aromatic heterocycles. The maximum Gasteiger partial charge on any atom is 0.151 e. The van der Waals surface area contributed by atoms with Gasteiger partial charge in [0.2, 0.25) is 0 Å². The van der Waals surface area contributed by atoms with Crippen molar-refractivity contribution >= 4 is 9.84 Å². The highest BCUT2D eigenvalue weighted by Crippen LogP contribution is 1.92. The Bertz CT molecular complexity index is 227. The van der Waals surface area contributed by atoms with E-state index in [0.29, 0.717) is 18.7 Å². The van der Waals surface area contributed by atoms with Gasteiger partial charge in [0, 0.05) is 25.5 Å². The van der Waals surface area contributed by atoms with Crippen molar-refractivity contribution in [2.75, 3.05) is 37.8 Å². The highest BCUT2D eigenvalue weighted by molar-refractivity contribution is 7.91. The largest absolute Gasteiger partial charge is 0.382 e. The molecule has 0 bridgehead atoms. The molecule has 0 aliphatic rings. The van der Waals surface area contributed by atoms with Crippen molar-refractivity contribution in [3.05, 3.63) is 0 Å². The average molecular weight is 237 g/mol. The quantitative estimate of drug-likeness (QED) is 0.572. The Morgan fingerprint density at radius 2 is 1.87 bits per heavy atom. The van der Waals surface area contributed by atoms with Crippen LogP contribution in [0.1, 0.15) is 26.7 Å². The molecule has 0 aliphatic carbocycles. The highest BCUT2D eigenvalue weighted by atomic mass is 32.2. The molecule has 0 saturated heterocycles. The van der Waals surface area contributed by atoms with E-state index in [9.17, 15) is 8.42 Å². The van der Waals surface area contributed by atoms with Crippen LogP contribution in [0.5, 0.6) is 0 Å². The lowest BCUT2D eigenvalue weighted by Gasteiger charge is -2.05. The maximum absolute atomic E-state index is 11.3. The van der Waals surface area contributed by atoms with Crippen molar-refractivity contribution in [3.63, 3.8) is 0 Å². The van der Waals surface area contributed by atoms with Crippen LogP contribution >= 0.6 is 0 Å². The summed E-state index contributed by atoms with van der Waals surface area (Å²) in [7, 11) is -2.82. The van der Waals surface area contributed by atoms with Crippen molar-refractivity contribution in [3.8, 4) is 0 Å². The van der Waals surface area contributed by atoms with Gasteiger partial charge in [-0.1, -0.05) is 6.92 Å². The molecule has 4 nitrogen and oxygen atoms in total. The highest BCUT2D eigenvalue weighted by Gasteiger charge is 2.07. The summed E-state index contributed by atoms with van der Waals surface area (Å²) in [6.45, 7) is 6.70. The Kier molecular flexibility index (Phi) is 9.04. The van der Waals surface area contributed by atoms with Gasteiger partial charge >= 0.3 is 0 Å². The Labute approximate surface area is 93.3 Å². The molecule has 0 saturated carbocycles. The number of rotatable bonds is 10.